The van der Waals surface area contributed by atoms with Gasteiger partial charge in [-0.05, 0) is 44.2 Å². The molecule has 0 bridgehead atoms. The SMILES string of the molecule is C[C@@H](CC1CC1)N1CCC(n2cc(-c3cccnc3)nn2)CC1. The first kappa shape index (κ1) is 14.8. The Balaban J connectivity index is 1.36. The molecule has 1 saturated carbocycles. The Hall–Kier alpha value is -1.75. The second-order valence-corrected chi connectivity index (χ2v) is 7.12. The van der Waals surface area contributed by atoms with Crippen molar-refractivity contribution in [2.75, 3.05) is 13.1 Å². The van der Waals surface area contributed by atoms with Crippen molar-refractivity contribution >= 4 is 0 Å². The second-order valence-electron chi connectivity index (χ2n) is 7.12. The van der Waals surface area contributed by atoms with Crippen LogP contribution in [0.3, 0.4) is 0 Å². The molecule has 2 aromatic rings. The van der Waals surface area contributed by atoms with Crippen LogP contribution in [0.25, 0.3) is 11.3 Å². The van der Waals surface area contributed by atoms with E-state index in [-0.39, 0.29) is 0 Å². The van der Waals surface area contributed by atoms with E-state index in [1.54, 1.807) is 6.20 Å². The lowest BCUT2D eigenvalue weighted by Gasteiger charge is -2.36. The van der Waals surface area contributed by atoms with Crippen LogP contribution in [0, 0.1) is 5.92 Å². The molecule has 0 N–H and O–H groups in total. The Morgan fingerprint density at radius 1 is 1.22 bits per heavy atom. The van der Waals surface area contributed by atoms with Gasteiger partial charge in [-0.15, -0.1) is 5.10 Å². The van der Waals surface area contributed by atoms with Crippen LogP contribution in [0.2, 0.25) is 0 Å². The zero-order valence-corrected chi connectivity index (χ0v) is 13.8. The average molecular weight is 311 g/mol. The largest absolute Gasteiger partial charge is 0.300 e. The van der Waals surface area contributed by atoms with Crippen molar-refractivity contribution < 1.29 is 0 Å². The van der Waals surface area contributed by atoms with E-state index in [0.29, 0.717) is 6.04 Å². The third-order valence-corrected chi connectivity index (χ3v) is 5.34. The molecule has 1 saturated heterocycles. The van der Waals surface area contributed by atoms with Gasteiger partial charge in [0.05, 0.1) is 12.2 Å². The highest BCUT2D eigenvalue weighted by Crippen LogP contribution is 2.35. The number of nitrogens with zero attached hydrogens (tertiary/aromatic N) is 5. The van der Waals surface area contributed by atoms with Gasteiger partial charge >= 0.3 is 0 Å². The lowest BCUT2D eigenvalue weighted by atomic mass is 10.0. The minimum absolute atomic E-state index is 0.484. The number of hydrogen-bond donors (Lipinski definition) is 0. The quantitative estimate of drug-likeness (QED) is 0.851. The number of rotatable bonds is 5. The summed E-state index contributed by atoms with van der Waals surface area (Å²) in [5, 5.41) is 8.69. The summed E-state index contributed by atoms with van der Waals surface area (Å²) in [6, 6.07) is 5.19. The zero-order chi connectivity index (χ0) is 15.6. The van der Waals surface area contributed by atoms with Crippen molar-refractivity contribution in [3.05, 3.63) is 30.7 Å². The number of piperidine rings is 1. The van der Waals surface area contributed by atoms with E-state index in [2.05, 4.69) is 38.0 Å². The summed E-state index contributed by atoms with van der Waals surface area (Å²) in [7, 11) is 0. The highest BCUT2D eigenvalue weighted by molar-refractivity contribution is 5.55. The van der Waals surface area contributed by atoms with E-state index in [9.17, 15) is 0 Å². The molecule has 4 rings (SSSR count). The number of aromatic nitrogens is 4. The molecule has 1 aliphatic heterocycles. The normalized spacial score (nSPS) is 21.4. The molecule has 2 fully saturated rings. The van der Waals surface area contributed by atoms with Crippen molar-refractivity contribution in [1.82, 2.24) is 24.9 Å². The second kappa shape index (κ2) is 6.40. The van der Waals surface area contributed by atoms with Gasteiger partial charge in [-0.2, -0.15) is 0 Å². The van der Waals surface area contributed by atoms with Crippen LogP contribution in [0.5, 0.6) is 0 Å². The third kappa shape index (κ3) is 3.44. The monoisotopic (exact) mass is 311 g/mol. The molecule has 5 heteroatoms. The van der Waals surface area contributed by atoms with Gasteiger partial charge in [-0.25, -0.2) is 4.68 Å². The van der Waals surface area contributed by atoms with Crippen LogP contribution < -0.4 is 0 Å². The summed E-state index contributed by atoms with van der Waals surface area (Å²) in [6.45, 7) is 4.76. The topological polar surface area (TPSA) is 46.8 Å². The molecule has 0 radical (unpaired) electrons. The zero-order valence-electron chi connectivity index (χ0n) is 13.8. The van der Waals surface area contributed by atoms with Crippen molar-refractivity contribution in [2.24, 2.45) is 5.92 Å². The summed E-state index contributed by atoms with van der Waals surface area (Å²) in [6.07, 6.45) is 12.3. The van der Waals surface area contributed by atoms with E-state index in [1.807, 2.05) is 18.3 Å². The Morgan fingerprint density at radius 2 is 2.04 bits per heavy atom. The minimum Gasteiger partial charge on any atom is -0.300 e. The number of likely N-dealkylation sites (tertiary alicyclic amines) is 1. The summed E-state index contributed by atoms with van der Waals surface area (Å²) in [5.74, 6) is 1.01. The van der Waals surface area contributed by atoms with Gasteiger partial charge in [0, 0.05) is 37.1 Å². The number of hydrogen-bond acceptors (Lipinski definition) is 4. The Bertz CT molecular complexity index is 626. The fourth-order valence-corrected chi connectivity index (χ4v) is 3.68. The molecule has 1 atom stereocenters. The molecule has 0 unspecified atom stereocenters. The molecular formula is C18H25N5. The summed E-state index contributed by atoms with van der Waals surface area (Å²) in [4.78, 5) is 6.82. The average Bonchev–Trinajstić information content (AvgIpc) is 3.27. The molecule has 0 amide bonds. The van der Waals surface area contributed by atoms with Gasteiger partial charge in [-0.1, -0.05) is 18.1 Å². The molecular weight excluding hydrogens is 286 g/mol. The maximum Gasteiger partial charge on any atom is 0.114 e. The van der Waals surface area contributed by atoms with E-state index < -0.39 is 0 Å². The third-order valence-electron chi connectivity index (χ3n) is 5.34. The highest BCUT2D eigenvalue weighted by Gasteiger charge is 2.29. The lowest BCUT2D eigenvalue weighted by Crippen LogP contribution is -2.40. The maximum absolute atomic E-state index is 4.36. The molecule has 122 valence electrons. The summed E-state index contributed by atoms with van der Waals surface area (Å²) >= 11 is 0. The van der Waals surface area contributed by atoms with Gasteiger partial charge in [0.1, 0.15) is 5.69 Å². The molecule has 0 spiro atoms. The standard InChI is InChI=1S/C18H25N5/c1-14(11-15-4-5-15)22-9-6-17(7-10-22)23-13-18(20-21-23)16-3-2-8-19-12-16/h2-3,8,12-15,17H,4-7,9-11H2,1H3/t14-/m0/s1. The van der Waals surface area contributed by atoms with Crippen LogP contribution in [0.4, 0.5) is 0 Å². The first-order valence-electron chi connectivity index (χ1n) is 8.86. The fraction of sp³-hybridized carbons (Fsp3) is 0.611. The lowest BCUT2D eigenvalue weighted by molar-refractivity contribution is 0.129. The first-order valence-corrected chi connectivity index (χ1v) is 8.86. The van der Waals surface area contributed by atoms with Gasteiger partial charge in [0.2, 0.25) is 0 Å². The van der Waals surface area contributed by atoms with E-state index in [1.165, 1.54) is 45.2 Å². The highest BCUT2D eigenvalue weighted by atomic mass is 15.4. The van der Waals surface area contributed by atoms with Gasteiger partial charge in [-0.3, -0.25) is 4.98 Å². The predicted octanol–water partition coefficient (Wildman–Crippen LogP) is 3.17. The van der Waals surface area contributed by atoms with Crippen LogP contribution in [-0.2, 0) is 0 Å². The molecule has 5 nitrogen and oxygen atoms in total. The van der Waals surface area contributed by atoms with Crippen LogP contribution in [0.15, 0.2) is 30.7 Å². The van der Waals surface area contributed by atoms with Gasteiger partial charge in [0.25, 0.3) is 0 Å². The van der Waals surface area contributed by atoms with Crippen LogP contribution in [-0.4, -0.2) is 44.0 Å². The van der Waals surface area contributed by atoms with Gasteiger partial charge in [0.15, 0.2) is 0 Å². The van der Waals surface area contributed by atoms with Crippen LogP contribution >= 0.6 is 0 Å². The van der Waals surface area contributed by atoms with Crippen molar-refractivity contribution in [2.45, 2.75) is 51.1 Å². The Morgan fingerprint density at radius 3 is 2.74 bits per heavy atom. The van der Waals surface area contributed by atoms with Crippen molar-refractivity contribution in [3.8, 4) is 11.3 Å². The number of pyridine rings is 1. The first-order chi connectivity index (χ1) is 11.3. The molecule has 1 aliphatic carbocycles. The summed E-state index contributed by atoms with van der Waals surface area (Å²) in [5.41, 5.74) is 1.96. The van der Waals surface area contributed by atoms with E-state index >= 15 is 0 Å². The molecule has 3 heterocycles. The van der Waals surface area contributed by atoms with Crippen molar-refractivity contribution in [1.29, 1.82) is 0 Å². The summed E-state index contributed by atoms with van der Waals surface area (Å²) < 4.78 is 2.06. The van der Waals surface area contributed by atoms with E-state index in [0.717, 1.165) is 23.2 Å². The molecule has 2 aromatic heterocycles. The van der Waals surface area contributed by atoms with E-state index in [4.69, 9.17) is 0 Å². The van der Waals surface area contributed by atoms with Crippen molar-refractivity contribution in [3.63, 3.8) is 0 Å². The molecule has 0 aromatic carbocycles. The molecule has 2 aliphatic rings. The minimum atomic E-state index is 0.484. The Kier molecular flexibility index (Phi) is 4.12. The molecule has 23 heavy (non-hydrogen) atoms. The van der Waals surface area contributed by atoms with Gasteiger partial charge < -0.3 is 4.90 Å². The predicted molar refractivity (Wildman–Crippen MR) is 89.9 cm³/mol. The van der Waals surface area contributed by atoms with Crippen LogP contribution in [0.1, 0.15) is 45.1 Å². The Labute approximate surface area is 137 Å². The smallest absolute Gasteiger partial charge is 0.114 e. The maximum atomic E-state index is 4.36. The fourth-order valence-electron chi connectivity index (χ4n) is 3.68.